The zero-order valence-electron chi connectivity index (χ0n) is 12.5. The molecule has 0 aromatic carbocycles. The van der Waals surface area contributed by atoms with Gasteiger partial charge in [0.05, 0.1) is 5.92 Å². The maximum Gasteiger partial charge on any atom is 0.274 e. The van der Waals surface area contributed by atoms with E-state index in [1.165, 1.54) is 0 Å². The molecule has 2 aliphatic rings. The molecular formula is C15H22N4O2. The monoisotopic (exact) mass is 290 g/mol. The van der Waals surface area contributed by atoms with Gasteiger partial charge in [-0.2, -0.15) is 5.10 Å². The Hall–Kier alpha value is -1.85. The summed E-state index contributed by atoms with van der Waals surface area (Å²) in [6, 6.07) is 1.73. The number of rotatable bonds is 2. The molecule has 3 heterocycles. The Bertz CT molecular complexity index is 534. The minimum absolute atomic E-state index is 0.0375. The number of nitrogens with zero attached hydrogens (tertiary/aromatic N) is 4. The largest absolute Gasteiger partial charge is 0.342 e. The minimum atomic E-state index is -0.0606. The van der Waals surface area contributed by atoms with Crippen LogP contribution in [-0.2, 0) is 11.8 Å². The molecular weight excluding hydrogens is 268 g/mol. The Labute approximate surface area is 124 Å². The highest BCUT2D eigenvalue weighted by atomic mass is 16.2. The number of carbonyl (C=O) groups is 2. The highest BCUT2D eigenvalue weighted by Gasteiger charge is 2.32. The Morgan fingerprint density at radius 3 is 2.52 bits per heavy atom. The second-order valence-electron chi connectivity index (χ2n) is 6.00. The van der Waals surface area contributed by atoms with Gasteiger partial charge in [-0.15, -0.1) is 0 Å². The summed E-state index contributed by atoms with van der Waals surface area (Å²) in [6.07, 6.45) is 5.76. The van der Waals surface area contributed by atoms with Crippen LogP contribution in [0.4, 0.5) is 0 Å². The molecule has 0 aliphatic carbocycles. The molecule has 1 aromatic rings. The molecule has 2 fully saturated rings. The van der Waals surface area contributed by atoms with Crippen LogP contribution in [0.1, 0.15) is 36.2 Å². The molecule has 0 bridgehead atoms. The average Bonchev–Trinajstić information content (AvgIpc) is 3.17. The fourth-order valence-electron chi connectivity index (χ4n) is 3.25. The van der Waals surface area contributed by atoms with E-state index in [0.29, 0.717) is 12.2 Å². The molecule has 1 atom stereocenters. The third kappa shape index (κ3) is 2.94. The zero-order chi connectivity index (χ0) is 14.8. The van der Waals surface area contributed by atoms with Crippen LogP contribution in [0, 0.1) is 5.92 Å². The first kappa shape index (κ1) is 14.1. The predicted octanol–water partition coefficient (Wildman–Crippen LogP) is 0.895. The molecule has 21 heavy (non-hydrogen) atoms. The van der Waals surface area contributed by atoms with Crippen molar-refractivity contribution in [2.45, 2.75) is 25.7 Å². The van der Waals surface area contributed by atoms with Gasteiger partial charge in [0.25, 0.3) is 5.91 Å². The lowest BCUT2D eigenvalue weighted by atomic mass is 9.96. The van der Waals surface area contributed by atoms with Gasteiger partial charge in [-0.05, 0) is 31.7 Å². The van der Waals surface area contributed by atoms with E-state index in [0.717, 1.165) is 45.3 Å². The normalized spacial score (nSPS) is 22.6. The van der Waals surface area contributed by atoms with Crippen LogP contribution in [0.5, 0.6) is 0 Å². The Balaban J connectivity index is 1.65. The van der Waals surface area contributed by atoms with Gasteiger partial charge in [-0.25, -0.2) is 0 Å². The Morgan fingerprint density at radius 2 is 1.86 bits per heavy atom. The lowest BCUT2D eigenvalue weighted by Gasteiger charge is -2.33. The number of likely N-dealkylation sites (tertiary alicyclic amines) is 2. The molecule has 6 nitrogen and oxygen atoms in total. The van der Waals surface area contributed by atoms with Gasteiger partial charge in [0.1, 0.15) is 5.69 Å². The van der Waals surface area contributed by atoms with Crippen LogP contribution in [0.15, 0.2) is 12.3 Å². The van der Waals surface area contributed by atoms with E-state index in [4.69, 9.17) is 0 Å². The summed E-state index contributed by atoms with van der Waals surface area (Å²) in [5.74, 6) is 0.130. The van der Waals surface area contributed by atoms with Crippen molar-refractivity contribution in [2.75, 3.05) is 26.2 Å². The molecule has 2 aliphatic heterocycles. The summed E-state index contributed by atoms with van der Waals surface area (Å²) in [4.78, 5) is 28.6. The molecule has 0 spiro atoms. The number of hydrogen-bond acceptors (Lipinski definition) is 3. The quantitative estimate of drug-likeness (QED) is 0.813. The summed E-state index contributed by atoms with van der Waals surface area (Å²) in [5, 5.41) is 4.16. The Kier molecular flexibility index (Phi) is 3.94. The van der Waals surface area contributed by atoms with Crippen LogP contribution < -0.4 is 0 Å². The fraction of sp³-hybridized carbons (Fsp3) is 0.667. The van der Waals surface area contributed by atoms with Crippen LogP contribution in [-0.4, -0.2) is 57.6 Å². The van der Waals surface area contributed by atoms with Gasteiger partial charge < -0.3 is 9.80 Å². The first-order chi connectivity index (χ1) is 10.1. The van der Waals surface area contributed by atoms with Crippen molar-refractivity contribution >= 4 is 11.8 Å². The van der Waals surface area contributed by atoms with Crippen LogP contribution in [0.3, 0.4) is 0 Å². The molecule has 2 amide bonds. The van der Waals surface area contributed by atoms with E-state index < -0.39 is 0 Å². The maximum absolute atomic E-state index is 12.5. The number of aryl methyl sites for hydroxylation is 1. The van der Waals surface area contributed by atoms with Crippen LogP contribution in [0.25, 0.3) is 0 Å². The van der Waals surface area contributed by atoms with Gasteiger partial charge in [-0.1, -0.05) is 0 Å². The molecule has 0 saturated carbocycles. The van der Waals surface area contributed by atoms with E-state index in [1.807, 2.05) is 4.90 Å². The van der Waals surface area contributed by atoms with Gasteiger partial charge in [-0.3, -0.25) is 14.3 Å². The highest BCUT2D eigenvalue weighted by Crippen LogP contribution is 2.22. The third-order valence-electron chi connectivity index (χ3n) is 4.41. The minimum Gasteiger partial charge on any atom is -0.342 e. The highest BCUT2D eigenvalue weighted by molar-refractivity contribution is 5.92. The SMILES string of the molecule is Cn1ccc(C(=O)N2CCC[C@@H](C(=O)N3CCCC3)C2)n1. The fourth-order valence-corrected chi connectivity index (χ4v) is 3.25. The number of piperidine rings is 1. The van der Waals surface area contributed by atoms with Crippen molar-refractivity contribution in [3.8, 4) is 0 Å². The maximum atomic E-state index is 12.5. The molecule has 1 aromatic heterocycles. The Morgan fingerprint density at radius 1 is 1.14 bits per heavy atom. The van der Waals surface area contributed by atoms with Crippen LogP contribution >= 0.6 is 0 Å². The number of carbonyl (C=O) groups excluding carboxylic acids is 2. The first-order valence-corrected chi connectivity index (χ1v) is 7.73. The summed E-state index contributed by atoms with van der Waals surface area (Å²) in [6.45, 7) is 3.01. The summed E-state index contributed by atoms with van der Waals surface area (Å²) in [7, 11) is 1.80. The van der Waals surface area contributed by atoms with Crippen molar-refractivity contribution in [2.24, 2.45) is 13.0 Å². The number of aromatic nitrogens is 2. The van der Waals surface area contributed by atoms with Crippen molar-refractivity contribution in [1.82, 2.24) is 19.6 Å². The van der Waals surface area contributed by atoms with E-state index in [1.54, 1.807) is 28.9 Å². The van der Waals surface area contributed by atoms with Crippen molar-refractivity contribution in [1.29, 1.82) is 0 Å². The molecule has 114 valence electrons. The van der Waals surface area contributed by atoms with Crippen LogP contribution in [0.2, 0.25) is 0 Å². The summed E-state index contributed by atoms with van der Waals surface area (Å²) >= 11 is 0. The van der Waals surface area contributed by atoms with Crippen molar-refractivity contribution in [3.63, 3.8) is 0 Å². The predicted molar refractivity (Wildman–Crippen MR) is 77.6 cm³/mol. The number of hydrogen-bond donors (Lipinski definition) is 0. The lowest BCUT2D eigenvalue weighted by Crippen LogP contribution is -2.46. The zero-order valence-corrected chi connectivity index (χ0v) is 12.5. The molecule has 2 saturated heterocycles. The standard InChI is InChI=1S/C15H22N4O2/c1-17-10-6-13(16-17)15(21)19-9-4-5-12(11-19)14(20)18-7-2-3-8-18/h6,10,12H,2-5,7-9,11H2,1H3/t12-/m1/s1. The smallest absolute Gasteiger partial charge is 0.274 e. The molecule has 3 rings (SSSR count). The van der Waals surface area contributed by atoms with E-state index >= 15 is 0 Å². The number of amides is 2. The second-order valence-corrected chi connectivity index (χ2v) is 6.00. The van der Waals surface area contributed by atoms with Gasteiger partial charge in [0.2, 0.25) is 5.91 Å². The van der Waals surface area contributed by atoms with Gasteiger partial charge >= 0.3 is 0 Å². The molecule has 0 N–H and O–H groups in total. The first-order valence-electron chi connectivity index (χ1n) is 7.73. The van der Waals surface area contributed by atoms with Crippen molar-refractivity contribution in [3.05, 3.63) is 18.0 Å². The second kappa shape index (κ2) is 5.87. The van der Waals surface area contributed by atoms with Crippen molar-refractivity contribution < 1.29 is 9.59 Å². The molecule has 6 heteroatoms. The van der Waals surface area contributed by atoms with E-state index in [-0.39, 0.29) is 17.7 Å². The molecule has 0 radical (unpaired) electrons. The summed E-state index contributed by atoms with van der Waals surface area (Å²) < 4.78 is 1.63. The van der Waals surface area contributed by atoms with Gasteiger partial charge in [0, 0.05) is 39.4 Å². The lowest BCUT2D eigenvalue weighted by molar-refractivity contribution is -0.135. The molecule has 0 unspecified atom stereocenters. The topological polar surface area (TPSA) is 58.4 Å². The van der Waals surface area contributed by atoms with Gasteiger partial charge in [0.15, 0.2) is 0 Å². The summed E-state index contributed by atoms with van der Waals surface area (Å²) in [5.41, 5.74) is 0.465. The third-order valence-corrected chi connectivity index (χ3v) is 4.41. The van der Waals surface area contributed by atoms with E-state index in [9.17, 15) is 9.59 Å². The average molecular weight is 290 g/mol. The van der Waals surface area contributed by atoms with E-state index in [2.05, 4.69) is 5.10 Å².